The summed E-state index contributed by atoms with van der Waals surface area (Å²) in [5.74, 6) is 2.26. The van der Waals surface area contributed by atoms with E-state index in [0.29, 0.717) is 42.0 Å². The maximum absolute atomic E-state index is 8.84. The molecule has 0 saturated carbocycles. The van der Waals surface area contributed by atoms with Gasteiger partial charge in [0.1, 0.15) is 36.1 Å². The van der Waals surface area contributed by atoms with Gasteiger partial charge in [-0.05, 0) is 12.1 Å². The van der Waals surface area contributed by atoms with Crippen molar-refractivity contribution in [3.63, 3.8) is 0 Å². The number of halogens is 1. The summed E-state index contributed by atoms with van der Waals surface area (Å²) in [6, 6.07) is 7.50. The van der Waals surface area contributed by atoms with Crippen molar-refractivity contribution in [2.24, 2.45) is 0 Å². The lowest BCUT2D eigenvalue weighted by Crippen LogP contribution is -2.41. The quantitative estimate of drug-likeness (QED) is 0.461. The number of morpholine rings is 1. The molecule has 1 aromatic carbocycles. The number of aromatic amines is 1. The Balaban J connectivity index is 1.58. The molecule has 1 aliphatic heterocycles. The fraction of sp³-hybridized carbons (Fsp3) is 0.300. The summed E-state index contributed by atoms with van der Waals surface area (Å²) in [6.45, 7) is 2.65. The van der Waals surface area contributed by atoms with Gasteiger partial charge in [-0.1, -0.05) is 15.9 Å². The minimum Gasteiger partial charge on any atom is -0.496 e. The van der Waals surface area contributed by atoms with Gasteiger partial charge in [0.05, 0.1) is 37.4 Å². The first kappa shape index (κ1) is 21.0. The SMILES string of the molecule is COc1cc(Br)cc(OC[C@@H]2CNCCO2)c1-c1cc(Nc2cnc(C#N)cn2)n[nH]1. The van der Waals surface area contributed by atoms with E-state index in [1.165, 1.54) is 12.4 Å². The smallest absolute Gasteiger partial charge is 0.158 e. The van der Waals surface area contributed by atoms with E-state index in [2.05, 4.69) is 46.7 Å². The van der Waals surface area contributed by atoms with E-state index >= 15 is 0 Å². The lowest BCUT2D eigenvalue weighted by Gasteiger charge is -2.24. The number of aromatic nitrogens is 4. The predicted octanol–water partition coefficient (Wildman–Crippen LogP) is 2.62. The van der Waals surface area contributed by atoms with E-state index in [1.54, 1.807) is 7.11 Å². The molecule has 0 unspecified atom stereocenters. The summed E-state index contributed by atoms with van der Waals surface area (Å²) in [6.07, 6.45) is 2.84. The van der Waals surface area contributed by atoms with Gasteiger partial charge in [0.2, 0.25) is 0 Å². The molecule has 11 heteroatoms. The maximum atomic E-state index is 8.84. The van der Waals surface area contributed by atoms with Gasteiger partial charge in [0, 0.05) is 23.6 Å². The Morgan fingerprint density at radius 2 is 2.13 bits per heavy atom. The number of nitriles is 1. The van der Waals surface area contributed by atoms with E-state index in [9.17, 15) is 0 Å². The number of anilines is 2. The first-order chi connectivity index (χ1) is 15.2. The van der Waals surface area contributed by atoms with Crippen molar-refractivity contribution in [2.45, 2.75) is 6.10 Å². The summed E-state index contributed by atoms with van der Waals surface area (Å²) < 4.78 is 18.3. The zero-order valence-electron chi connectivity index (χ0n) is 16.7. The average molecular weight is 486 g/mol. The fourth-order valence-corrected chi connectivity index (χ4v) is 3.52. The standard InChI is InChI=1S/C20H20BrN7O3/c1-29-16-4-12(21)5-17(31-11-14-9-23-2-3-30-14)20(16)15-6-18(28-27-15)26-19-10-24-13(7-22)8-25-19/h4-6,8,10,14,23H,2-3,9,11H2,1H3,(H2,25,26,27,28)/t14-/m0/s1. The second kappa shape index (κ2) is 9.74. The van der Waals surface area contributed by atoms with Crippen molar-refractivity contribution in [3.05, 3.63) is 40.8 Å². The second-order valence-electron chi connectivity index (χ2n) is 6.68. The molecule has 31 heavy (non-hydrogen) atoms. The van der Waals surface area contributed by atoms with Gasteiger partial charge in [-0.25, -0.2) is 9.97 Å². The number of hydrogen-bond donors (Lipinski definition) is 3. The highest BCUT2D eigenvalue weighted by Gasteiger charge is 2.20. The summed E-state index contributed by atoms with van der Waals surface area (Å²) >= 11 is 3.51. The molecule has 1 saturated heterocycles. The molecule has 4 rings (SSSR count). The number of nitrogens with zero attached hydrogens (tertiary/aromatic N) is 4. The molecule has 10 nitrogen and oxygen atoms in total. The van der Waals surface area contributed by atoms with Crippen molar-refractivity contribution in [1.82, 2.24) is 25.5 Å². The molecule has 0 aliphatic carbocycles. The third kappa shape index (κ3) is 5.11. The van der Waals surface area contributed by atoms with Gasteiger partial charge in [0.25, 0.3) is 0 Å². The lowest BCUT2D eigenvalue weighted by molar-refractivity contribution is 0.000268. The second-order valence-corrected chi connectivity index (χ2v) is 7.60. The minimum atomic E-state index is -0.0273. The molecule has 1 aliphatic rings. The zero-order chi connectivity index (χ0) is 21.6. The molecule has 3 heterocycles. The topological polar surface area (TPSA) is 130 Å². The van der Waals surface area contributed by atoms with E-state index in [4.69, 9.17) is 19.5 Å². The summed E-state index contributed by atoms with van der Waals surface area (Å²) in [7, 11) is 1.60. The van der Waals surface area contributed by atoms with Crippen LogP contribution in [0.15, 0.2) is 35.1 Å². The van der Waals surface area contributed by atoms with Crippen molar-refractivity contribution >= 4 is 27.6 Å². The molecule has 0 amide bonds. The summed E-state index contributed by atoms with van der Waals surface area (Å²) in [5, 5.41) is 22.5. The summed E-state index contributed by atoms with van der Waals surface area (Å²) in [4.78, 5) is 8.14. The van der Waals surface area contributed by atoms with Crippen LogP contribution in [0.1, 0.15) is 5.69 Å². The Kier molecular flexibility index (Phi) is 6.61. The van der Waals surface area contributed by atoms with Gasteiger partial charge in [0.15, 0.2) is 11.5 Å². The van der Waals surface area contributed by atoms with Gasteiger partial charge in [-0.3, -0.25) is 5.10 Å². The Labute approximate surface area is 187 Å². The van der Waals surface area contributed by atoms with Crippen molar-refractivity contribution in [1.29, 1.82) is 5.26 Å². The number of H-pyrrole nitrogens is 1. The van der Waals surface area contributed by atoms with E-state index in [-0.39, 0.29) is 11.8 Å². The zero-order valence-corrected chi connectivity index (χ0v) is 18.3. The van der Waals surface area contributed by atoms with Crippen LogP contribution in [0.5, 0.6) is 11.5 Å². The highest BCUT2D eigenvalue weighted by molar-refractivity contribution is 9.10. The first-order valence-corrected chi connectivity index (χ1v) is 10.3. The van der Waals surface area contributed by atoms with E-state index in [0.717, 1.165) is 23.1 Å². The van der Waals surface area contributed by atoms with Gasteiger partial charge in [-0.15, -0.1) is 0 Å². The van der Waals surface area contributed by atoms with Crippen molar-refractivity contribution < 1.29 is 14.2 Å². The molecule has 1 fully saturated rings. The fourth-order valence-electron chi connectivity index (χ4n) is 3.10. The maximum Gasteiger partial charge on any atom is 0.158 e. The third-order valence-electron chi connectivity index (χ3n) is 4.55. The molecule has 0 bridgehead atoms. The van der Waals surface area contributed by atoms with Crippen LogP contribution in [-0.2, 0) is 4.74 Å². The molecule has 3 aromatic rings. The Morgan fingerprint density at radius 1 is 1.26 bits per heavy atom. The first-order valence-electron chi connectivity index (χ1n) is 9.54. The number of nitrogens with one attached hydrogen (secondary N) is 3. The van der Waals surface area contributed by atoms with E-state index < -0.39 is 0 Å². The molecule has 1 atom stereocenters. The normalized spacial score (nSPS) is 15.8. The van der Waals surface area contributed by atoms with Crippen molar-refractivity contribution in [2.75, 3.05) is 38.7 Å². The number of methoxy groups -OCH3 is 1. The number of benzene rings is 1. The van der Waals surface area contributed by atoms with Gasteiger partial charge >= 0.3 is 0 Å². The molecule has 3 N–H and O–H groups in total. The molecule has 0 radical (unpaired) electrons. The largest absolute Gasteiger partial charge is 0.496 e. The molecule has 160 valence electrons. The van der Waals surface area contributed by atoms with Crippen molar-refractivity contribution in [3.8, 4) is 28.8 Å². The molecule has 2 aromatic heterocycles. The Morgan fingerprint density at radius 3 is 2.84 bits per heavy atom. The molecular formula is C20H20BrN7O3. The monoisotopic (exact) mass is 485 g/mol. The van der Waals surface area contributed by atoms with Crippen LogP contribution in [0.3, 0.4) is 0 Å². The highest BCUT2D eigenvalue weighted by Crippen LogP contribution is 2.41. The van der Waals surface area contributed by atoms with Crippen LogP contribution in [0.2, 0.25) is 0 Å². The average Bonchev–Trinajstić information content (AvgIpc) is 3.26. The lowest BCUT2D eigenvalue weighted by atomic mass is 10.1. The van der Waals surface area contributed by atoms with Crippen LogP contribution < -0.4 is 20.1 Å². The van der Waals surface area contributed by atoms with Crippen LogP contribution >= 0.6 is 15.9 Å². The Hall–Kier alpha value is -3.20. The molecular weight excluding hydrogens is 466 g/mol. The van der Waals surface area contributed by atoms with Gasteiger partial charge in [-0.2, -0.15) is 10.4 Å². The number of rotatable bonds is 7. The van der Waals surface area contributed by atoms with Crippen LogP contribution in [0.25, 0.3) is 11.3 Å². The minimum absolute atomic E-state index is 0.0273. The van der Waals surface area contributed by atoms with E-state index in [1.807, 2.05) is 24.3 Å². The van der Waals surface area contributed by atoms with Crippen LogP contribution in [0.4, 0.5) is 11.6 Å². The third-order valence-corrected chi connectivity index (χ3v) is 5.01. The Bertz CT molecular complexity index is 1080. The molecule has 0 spiro atoms. The summed E-state index contributed by atoms with van der Waals surface area (Å²) in [5.41, 5.74) is 1.68. The number of ether oxygens (including phenoxy) is 3. The van der Waals surface area contributed by atoms with Crippen LogP contribution in [0, 0.1) is 11.3 Å². The number of hydrogen-bond acceptors (Lipinski definition) is 9. The van der Waals surface area contributed by atoms with Gasteiger partial charge < -0.3 is 24.8 Å². The van der Waals surface area contributed by atoms with Crippen LogP contribution in [-0.4, -0.2) is 59.7 Å². The highest BCUT2D eigenvalue weighted by atomic mass is 79.9. The predicted molar refractivity (Wildman–Crippen MR) is 116 cm³/mol.